The highest BCUT2D eigenvalue weighted by Gasteiger charge is 2.29. The Hall–Kier alpha value is -1.35. The van der Waals surface area contributed by atoms with Gasteiger partial charge in [0.05, 0.1) is 0 Å². The average Bonchev–Trinajstić information content (AvgIpc) is 2.40. The first-order valence-electron chi connectivity index (χ1n) is 7.14. The summed E-state index contributed by atoms with van der Waals surface area (Å²) in [6, 6.07) is 16.3. The van der Waals surface area contributed by atoms with Gasteiger partial charge in [-0.3, -0.25) is 0 Å². The average molecular weight is 304 g/mol. The molecule has 2 aromatic carbocycles. The molecule has 0 fully saturated rings. The summed E-state index contributed by atoms with van der Waals surface area (Å²) in [5.74, 6) is 0. The van der Waals surface area contributed by atoms with E-state index in [0.29, 0.717) is 11.4 Å². The maximum absolute atomic E-state index is 9.69. The summed E-state index contributed by atoms with van der Waals surface area (Å²) in [6.07, 6.45) is 0.447. The predicted octanol–water partition coefficient (Wildman–Crippen LogP) is 3.82. The quantitative estimate of drug-likeness (QED) is 0.825. The zero-order chi connectivity index (χ0) is 15.5. The number of halogens is 1. The fraction of sp³-hybridized carbons (Fsp3) is 0.333. The lowest BCUT2D eigenvalue weighted by atomic mass is 9.74. The molecule has 0 radical (unpaired) electrons. The third-order valence-electron chi connectivity index (χ3n) is 3.90. The molecule has 2 rings (SSSR count). The van der Waals surface area contributed by atoms with Gasteiger partial charge in [-0.05, 0) is 43.0 Å². The summed E-state index contributed by atoms with van der Waals surface area (Å²) in [4.78, 5) is 0. The van der Waals surface area contributed by atoms with Gasteiger partial charge >= 0.3 is 0 Å². The van der Waals surface area contributed by atoms with E-state index in [1.165, 1.54) is 11.1 Å². The van der Waals surface area contributed by atoms with Crippen molar-refractivity contribution in [3.8, 4) is 0 Å². The van der Waals surface area contributed by atoms with E-state index >= 15 is 0 Å². The van der Waals surface area contributed by atoms with E-state index < -0.39 is 6.23 Å². The number of rotatable bonds is 5. The molecule has 0 aliphatic carbocycles. The largest absolute Gasteiger partial charge is 0.379 e. The van der Waals surface area contributed by atoms with Crippen molar-refractivity contribution in [1.82, 2.24) is 0 Å². The fourth-order valence-electron chi connectivity index (χ4n) is 2.77. The van der Waals surface area contributed by atoms with Crippen molar-refractivity contribution in [2.45, 2.75) is 38.3 Å². The molecule has 1 unspecified atom stereocenters. The molecular weight excluding hydrogens is 282 g/mol. The van der Waals surface area contributed by atoms with Crippen LogP contribution < -0.4 is 5.73 Å². The van der Waals surface area contributed by atoms with E-state index in [4.69, 9.17) is 17.3 Å². The maximum atomic E-state index is 9.69. The number of hydrogen-bond acceptors (Lipinski definition) is 2. The minimum absolute atomic E-state index is 0.256. The number of aryl methyl sites for hydroxylation is 1. The van der Waals surface area contributed by atoms with E-state index in [1.54, 1.807) is 0 Å². The van der Waals surface area contributed by atoms with Crippen molar-refractivity contribution >= 4 is 11.6 Å². The molecule has 0 spiro atoms. The molecule has 0 aromatic heterocycles. The Kier molecular flexibility index (Phi) is 5.04. The standard InChI is InChI=1S/C18H22ClNO/c1-13-6-8-14(9-7-13)11-18(2,12-17(20)21)15-4-3-5-16(19)10-15/h3-10,17,21H,11-12,20H2,1-2H3/t17-,18?/m1/s1. The van der Waals surface area contributed by atoms with Crippen LogP contribution in [0, 0.1) is 6.92 Å². The summed E-state index contributed by atoms with van der Waals surface area (Å²) in [7, 11) is 0. The molecule has 0 saturated carbocycles. The maximum Gasteiger partial charge on any atom is 0.103 e. The minimum atomic E-state index is -0.848. The molecule has 0 heterocycles. The normalized spacial score (nSPS) is 15.5. The van der Waals surface area contributed by atoms with Crippen LogP contribution in [0.2, 0.25) is 5.02 Å². The van der Waals surface area contributed by atoms with Crippen LogP contribution in [0.25, 0.3) is 0 Å². The second-order valence-electron chi connectivity index (χ2n) is 6.00. The molecule has 0 amide bonds. The van der Waals surface area contributed by atoms with Crippen molar-refractivity contribution in [1.29, 1.82) is 0 Å². The zero-order valence-electron chi connectivity index (χ0n) is 12.5. The molecule has 2 atom stereocenters. The molecule has 0 saturated heterocycles. The molecule has 0 aliphatic rings. The fourth-order valence-corrected chi connectivity index (χ4v) is 2.96. The number of nitrogens with two attached hydrogens (primary N) is 1. The molecule has 2 aromatic rings. The van der Waals surface area contributed by atoms with Gasteiger partial charge in [0.2, 0.25) is 0 Å². The van der Waals surface area contributed by atoms with Gasteiger partial charge in [-0.25, -0.2) is 0 Å². The van der Waals surface area contributed by atoms with Gasteiger partial charge in [-0.15, -0.1) is 0 Å². The third-order valence-corrected chi connectivity index (χ3v) is 4.13. The summed E-state index contributed by atoms with van der Waals surface area (Å²) in [5, 5.41) is 10.4. The zero-order valence-corrected chi connectivity index (χ0v) is 13.3. The minimum Gasteiger partial charge on any atom is -0.379 e. The van der Waals surface area contributed by atoms with Crippen molar-refractivity contribution < 1.29 is 5.11 Å². The van der Waals surface area contributed by atoms with E-state index in [2.05, 4.69) is 38.1 Å². The SMILES string of the molecule is Cc1ccc(CC(C)(C[C@H](N)O)c2cccc(Cl)c2)cc1. The van der Waals surface area contributed by atoms with Crippen LogP contribution >= 0.6 is 11.6 Å². The van der Waals surface area contributed by atoms with Crippen LogP contribution in [-0.2, 0) is 11.8 Å². The Bertz CT molecular complexity index is 594. The first kappa shape index (κ1) is 16.0. The van der Waals surface area contributed by atoms with Crippen LogP contribution in [0.5, 0.6) is 0 Å². The number of aliphatic hydroxyl groups excluding tert-OH is 1. The van der Waals surface area contributed by atoms with Gasteiger partial charge in [-0.2, -0.15) is 0 Å². The van der Waals surface area contributed by atoms with Crippen LogP contribution in [0.15, 0.2) is 48.5 Å². The highest BCUT2D eigenvalue weighted by atomic mass is 35.5. The summed E-state index contributed by atoms with van der Waals surface area (Å²) >= 11 is 6.12. The number of aliphatic hydroxyl groups is 1. The Morgan fingerprint density at radius 3 is 2.43 bits per heavy atom. The van der Waals surface area contributed by atoms with Gasteiger partial charge in [0.25, 0.3) is 0 Å². The molecule has 21 heavy (non-hydrogen) atoms. The highest BCUT2D eigenvalue weighted by Crippen LogP contribution is 2.33. The van der Waals surface area contributed by atoms with E-state index in [9.17, 15) is 5.11 Å². The lowest BCUT2D eigenvalue weighted by Crippen LogP contribution is -2.34. The second kappa shape index (κ2) is 6.61. The van der Waals surface area contributed by atoms with Gasteiger partial charge in [0.15, 0.2) is 0 Å². The smallest absolute Gasteiger partial charge is 0.103 e. The summed E-state index contributed by atoms with van der Waals surface area (Å²) < 4.78 is 0. The van der Waals surface area contributed by atoms with Crippen molar-refractivity contribution in [3.05, 3.63) is 70.2 Å². The van der Waals surface area contributed by atoms with Gasteiger partial charge < -0.3 is 10.8 Å². The van der Waals surface area contributed by atoms with Crippen LogP contribution in [0.1, 0.15) is 30.0 Å². The Balaban J connectivity index is 2.34. The molecular formula is C18H22ClNO. The monoisotopic (exact) mass is 303 g/mol. The topological polar surface area (TPSA) is 46.2 Å². The number of hydrogen-bond donors (Lipinski definition) is 2. The van der Waals surface area contributed by atoms with Gasteiger partial charge in [0, 0.05) is 10.4 Å². The summed E-state index contributed by atoms with van der Waals surface area (Å²) in [6.45, 7) is 4.19. The lowest BCUT2D eigenvalue weighted by molar-refractivity contribution is 0.140. The second-order valence-corrected chi connectivity index (χ2v) is 6.44. The first-order valence-corrected chi connectivity index (χ1v) is 7.52. The van der Waals surface area contributed by atoms with Crippen molar-refractivity contribution in [2.24, 2.45) is 5.73 Å². The van der Waals surface area contributed by atoms with E-state index in [1.807, 2.05) is 24.3 Å². The first-order chi connectivity index (χ1) is 9.89. The molecule has 112 valence electrons. The molecule has 2 nitrogen and oxygen atoms in total. The predicted molar refractivity (Wildman–Crippen MR) is 88.5 cm³/mol. The molecule has 0 bridgehead atoms. The van der Waals surface area contributed by atoms with Crippen molar-refractivity contribution in [2.75, 3.05) is 0 Å². The van der Waals surface area contributed by atoms with Gasteiger partial charge in [0.1, 0.15) is 6.23 Å². The van der Waals surface area contributed by atoms with Crippen LogP contribution in [0.4, 0.5) is 0 Å². The Morgan fingerprint density at radius 1 is 1.19 bits per heavy atom. The van der Waals surface area contributed by atoms with Gasteiger partial charge in [-0.1, -0.05) is 60.5 Å². The Labute approximate surface area is 131 Å². The van der Waals surface area contributed by atoms with E-state index in [0.717, 1.165) is 12.0 Å². The summed E-state index contributed by atoms with van der Waals surface area (Å²) in [5.41, 5.74) is 8.96. The van der Waals surface area contributed by atoms with E-state index in [-0.39, 0.29) is 5.41 Å². The molecule has 3 N–H and O–H groups in total. The third kappa shape index (κ3) is 4.31. The van der Waals surface area contributed by atoms with Crippen LogP contribution in [-0.4, -0.2) is 11.3 Å². The van der Waals surface area contributed by atoms with Crippen molar-refractivity contribution in [3.63, 3.8) is 0 Å². The van der Waals surface area contributed by atoms with Crippen LogP contribution in [0.3, 0.4) is 0 Å². The highest BCUT2D eigenvalue weighted by molar-refractivity contribution is 6.30. The Morgan fingerprint density at radius 2 is 1.86 bits per heavy atom. The molecule has 0 aliphatic heterocycles. The number of benzene rings is 2. The molecule has 3 heteroatoms. The lowest BCUT2D eigenvalue weighted by Gasteiger charge is -2.32.